The van der Waals surface area contributed by atoms with Crippen molar-refractivity contribution in [3.8, 4) is 11.4 Å². The van der Waals surface area contributed by atoms with E-state index in [0.29, 0.717) is 28.0 Å². The number of fused-ring (bicyclic) bond motifs is 5. The molecule has 140 valence electrons. The number of hydrogen-bond acceptors (Lipinski definition) is 6. The highest BCUT2D eigenvalue weighted by Crippen LogP contribution is 2.39. The van der Waals surface area contributed by atoms with E-state index in [2.05, 4.69) is 4.98 Å². The Bertz CT molecular complexity index is 1260. The monoisotopic (exact) mass is 376 g/mol. The molecule has 3 aromatic rings. The third-order valence-corrected chi connectivity index (χ3v) is 5.76. The van der Waals surface area contributed by atoms with Crippen molar-refractivity contribution in [2.45, 2.75) is 32.1 Å². The molecule has 0 saturated heterocycles. The summed E-state index contributed by atoms with van der Waals surface area (Å²) in [7, 11) is 0. The number of benzene rings is 1. The second-order valence-corrected chi connectivity index (χ2v) is 7.09. The first-order chi connectivity index (χ1) is 13.5. The minimum atomic E-state index is -1.87. The molecule has 1 atom stereocenters. The van der Waals surface area contributed by atoms with Crippen molar-refractivity contribution in [3.05, 3.63) is 62.9 Å². The van der Waals surface area contributed by atoms with Gasteiger partial charge in [-0.3, -0.25) is 9.59 Å². The van der Waals surface area contributed by atoms with Crippen molar-refractivity contribution in [2.75, 3.05) is 0 Å². The average molecular weight is 376 g/mol. The Labute approximate surface area is 159 Å². The third-order valence-electron chi connectivity index (χ3n) is 5.76. The van der Waals surface area contributed by atoms with Crippen LogP contribution in [0.4, 0.5) is 0 Å². The van der Waals surface area contributed by atoms with Gasteiger partial charge in [-0.25, -0.2) is 9.78 Å². The fraction of sp³-hybridized carbons (Fsp3) is 0.238. The normalized spacial score (nSPS) is 19.7. The second-order valence-electron chi connectivity index (χ2n) is 7.09. The van der Waals surface area contributed by atoms with Gasteiger partial charge in [0, 0.05) is 22.1 Å². The van der Waals surface area contributed by atoms with Crippen molar-refractivity contribution in [2.24, 2.45) is 0 Å². The molecular weight excluding hydrogens is 360 g/mol. The molecule has 2 aromatic heterocycles. The van der Waals surface area contributed by atoms with E-state index in [-0.39, 0.29) is 36.3 Å². The van der Waals surface area contributed by atoms with Gasteiger partial charge in [0.15, 0.2) is 11.9 Å². The average Bonchev–Trinajstić information content (AvgIpc) is 3.08. The first-order valence-electron chi connectivity index (χ1n) is 9.03. The highest BCUT2D eigenvalue weighted by Gasteiger charge is 2.45. The molecule has 0 bridgehead atoms. The molecule has 1 aromatic carbocycles. The number of aromatic nitrogens is 2. The topological polar surface area (TPSA) is 98.5 Å². The summed E-state index contributed by atoms with van der Waals surface area (Å²) < 4.78 is 6.59. The molecule has 0 fully saturated rings. The van der Waals surface area contributed by atoms with E-state index < -0.39 is 11.6 Å². The Hall–Kier alpha value is -3.32. The van der Waals surface area contributed by atoms with Crippen LogP contribution in [-0.2, 0) is 28.3 Å². The fourth-order valence-electron chi connectivity index (χ4n) is 4.19. The zero-order valence-electron chi connectivity index (χ0n) is 15.1. The summed E-state index contributed by atoms with van der Waals surface area (Å²) in [6, 6.07) is 8.94. The number of carbonyl (C=O) groups excluding carboxylic acids is 2. The van der Waals surface area contributed by atoms with E-state index in [9.17, 15) is 19.5 Å². The summed E-state index contributed by atoms with van der Waals surface area (Å²) in [5.41, 5.74) is 1.15. The lowest BCUT2D eigenvalue weighted by atomic mass is 9.86. The van der Waals surface area contributed by atoms with Gasteiger partial charge in [0.1, 0.15) is 6.61 Å². The standard InChI is InChI=1S/C21H16N2O5/c1-2-21(27)15-7-17-18-12(8-23(17)19(25)14(15)10-28-20(21)26)13(9-24)11-5-3-4-6-16(11)22-18/h3-7,9,27H,2,8,10H2,1H3/t21-/m0/s1. The van der Waals surface area contributed by atoms with Gasteiger partial charge < -0.3 is 14.4 Å². The van der Waals surface area contributed by atoms with Crippen LogP contribution in [0, 0.1) is 0 Å². The Morgan fingerprint density at radius 3 is 2.82 bits per heavy atom. The molecule has 0 amide bonds. The number of aldehydes is 1. The van der Waals surface area contributed by atoms with Gasteiger partial charge >= 0.3 is 5.97 Å². The molecular formula is C21H16N2O5. The van der Waals surface area contributed by atoms with E-state index in [1.807, 2.05) is 24.3 Å². The molecule has 0 aliphatic carbocycles. The molecule has 4 heterocycles. The Morgan fingerprint density at radius 1 is 1.29 bits per heavy atom. The summed E-state index contributed by atoms with van der Waals surface area (Å²) in [6.07, 6.45) is 0.869. The number of carbonyl (C=O) groups is 2. The number of nitrogens with zero attached hydrogens (tertiary/aromatic N) is 2. The van der Waals surface area contributed by atoms with E-state index in [0.717, 1.165) is 11.7 Å². The molecule has 2 aliphatic heterocycles. The zero-order chi connectivity index (χ0) is 19.6. The van der Waals surface area contributed by atoms with Crippen LogP contribution >= 0.6 is 0 Å². The molecule has 5 rings (SSSR count). The number of ether oxygens (including phenoxy) is 1. The summed E-state index contributed by atoms with van der Waals surface area (Å²) in [5, 5.41) is 11.6. The lowest BCUT2D eigenvalue weighted by molar-refractivity contribution is -0.172. The van der Waals surface area contributed by atoms with Gasteiger partial charge in [-0.05, 0) is 18.6 Å². The minimum absolute atomic E-state index is 0.0827. The number of aliphatic hydroxyl groups is 1. The molecule has 7 nitrogen and oxygen atoms in total. The SMILES string of the molecule is CC[C@@]1(O)C(=O)OCc2c1cc1n(c2=O)Cc2c-1nc1ccccc1c2C=O. The summed E-state index contributed by atoms with van der Waals surface area (Å²) in [5.74, 6) is -0.759. The predicted octanol–water partition coefficient (Wildman–Crippen LogP) is 1.89. The van der Waals surface area contributed by atoms with Crippen LogP contribution in [0.1, 0.15) is 40.4 Å². The molecule has 7 heteroatoms. The Kier molecular flexibility index (Phi) is 3.36. The maximum Gasteiger partial charge on any atom is 0.343 e. The molecule has 1 N–H and O–H groups in total. The summed E-state index contributed by atoms with van der Waals surface area (Å²) in [4.78, 5) is 41.8. The van der Waals surface area contributed by atoms with Gasteiger partial charge in [0.25, 0.3) is 5.56 Å². The maximum atomic E-state index is 13.1. The smallest absolute Gasteiger partial charge is 0.343 e. The lowest BCUT2D eigenvalue weighted by Crippen LogP contribution is -2.44. The van der Waals surface area contributed by atoms with Gasteiger partial charge in [-0.2, -0.15) is 0 Å². The van der Waals surface area contributed by atoms with Crippen LogP contribution in [0.5, 0.6) is 0 Å². The van der Waals surface area contributed by atoms with Crippen LogP contribution in [0.2, 0.25) is 0 Å². The number of hydrogen-bond donors (Lipinski definition) is 1. The van der Waals surface area contributed by atoms with E-state index in [1.165, 1.54) is 4.57 Å². The van der Waals surface area contributed by atoms with Crippen molar-refractivity contribution in [3.63, 3.8) is 0 Å². The van der Waals surface area contributed by atoms with Crippen molar-refractivity contribution < 1.29 is 19.4 Å². The highest BCUT2D eigenvalue weighted by atomic mass is 16.6. The molecule has 0 radical (unpaired) electrons. The Balaban J connectivity index is 1.86. The van der Waals surface area contributed by atoms with E-state index >= 15 is 0 Å². The molecule has 2 aliphatic rings. The molecule has 0 spiro atoms. The predicted molar refractivity (Wildman–Crippen MR) is 99.9 cm³/mol. The van der Waals surface area contributed by atoms with Crippen molar-refractivity contribution in [1.82, 2.24) is 9.55 Å². The molecule has 0 unspecified atom stereocenters. The fourth-order valence-corrected chi connectivity index (χ4v) is 4.19. The maximum absolute atomic E-state index is 13.1. The third kappa shape index (κ3) is 1.96. The van der Waals surface area contributed by atoms with Gasteiger partial charge in [-0.15, -0.1) is 0 Å². The van der Waals surface area contributed by atoms with Crippen LogP contribution in [0.15, 0.2) is 35.1 Å². The number of cyclic esters (lactones) is 1. The number of pyridine rings is 2. The number of esters is 1. The summed E-state index contributed by atoms with van der Waals surface area (Å²) >= 11 is 0. The van der Waals surface area contributed by atoms with Crippen LogP contribution in [-0.4, -0.2) is 26.9 Å². The van der Waals surface area contributed by atoms with Crippen LogP contribution in [0.25, 0.3) is 22.3 Å². The molecule has 28 heavy (non-hydrogen) atoms. The van der Waals surface area contributed by atoms with Crippen molar-refractivity contribution >= 4 is 23.2 Å². The van der Waals surface area contributed by atoms with E-state index in [4.69, 9.17) is 4.74 Å². The quantitative estimate of drug-likeness (QED) is 0.424. The van der Waals surface area contributed by atoms with Gasteiger partial charge in [0.2, 0.25) is 0 Å². The first-order valence-corrected chi connectivity index (χ1v) is 9.03. The van der Waals surface area contributed by atoms with Crippen LogP contribution in [0.3, 0.4) is 0 Å². The van der Waals surface area contributed by atoms with Gasteiger partial charge in [0.05, 0.1) is 29.0 Å². The zero-order valence-corrected chi connectivity index (χ0v) is 15.1. The Morgan fingerprint density at radius 2 is 2.07 bits per heavy atom. The first kappa shape index (κ1) is 16.8. The van der Waals surface area contributed by atoms with Gasteiger partial charge in [-0.1, -0.05) is 25.1 Å². The number of rotatable bonds is 2. The lowest BCUT2D eigenvalue weighted by Gasteiger charge is -2.31. The second kappa shape index (κ2) is 5.59. The summed E-state index contributed by atoms with van der Waals surface area (Å²) in [6.45, 7) is 1.69. The minimum Gasteiger partial charge on any atom is -0.458 e. The van der Waals surface area contributed by atoms with Crippen LogP contribution < -0.4 is 5.56 Å². The van der Waals surface area contributed by atoms with E-state index in [1.54, 1.807) is 13.0 Å². The largest absolute Gasteiger partial charge is 0.458 e. The highest BCUT2D eigenvalue weighted by molar-refractivity contribution is 6.00. The molecule has 0 saturated carbocycles. The number of para-hydroxylation sites is 1. The van der Waals surface area contributed by atoms with Crippen molar-refractivity contribution in [1.29, 1.82) is 0 Å².